The van der Waals surface area contributed by atoms with Crippen LogP contribution in [-0.2, 0) is 4.79 Å². The highest BCUT2D eigenvalue weighted by Gasteiger charge is 2.53. The van der Waals surface area contributed by atoms with E-state index < -0.39 is 11.6 Å². The van der Waals surface area contributed by atoms with Crippen molar-refractivity contribution < 1.29 is 9.90 Å². The molecule has 0 atom stereocenters. The Morgan fingerprint density at radius 3 is 2.78 bits per heavy atom. The van der Waals surface area contributed by atoms with Crippen LogP contribution < -0.4 is 10.6 Å². The topological polar surface area (TPSA) is 66.6 Å². The fourth-order valence-electron chi connectivity index (χ4n) is 2.94. The van der Waals surface area contributed by atoms with E-state index in [4.69, 9.17) is 5.73 Å². The molecule has 1 heterocycles. The quantitative estimate of drug-likeness (QED) is 0.812. The van der Waals surface area contributed by atoms with Crippen molar-refractivity contribution in [3.05, 3.63) is 35.9 Å². The Bertz CT molecular complexity index is 518. The van der Waals surface area contributed by atoms with Crippen molar-refractivity contribution in [2.45, 2.75) is 24.5 Å². The predicted molar refractivity (Wildman–Crippen MR) is 70.0 cm³/mol. The summed E-state index contributed by atoms with van der Waals surface area (Å²) < 4.78 is 0. The van der Waals surface area contributed by atoms with Gasteiger partial charge in [0.15, 0.2) is 0 Å². The number of aliphatic hydroxyl groups excluding tert-OH is 1. The first kappa shape index (κ1) is 11.3. The zero-order chi connectivity index (χ0) is 12.8. The monoisotopic (exact) mass is 244 g/mol. The van der Waals surface area contributed by atoms with Crippen molar-refractivity contribution in [1.82, 2.24) is 0 Å². The van der Waals surface area contributed by atoms with Gasteiger partial charge in [-0.2, -0.15) is 0 Å². The van der Waals surface area contributed by atoms with E-state index in [0.717, 1.165) is 11.3 Å². The van der Waals surface area contributed by atoms with E-state index in [9.17, 15) is 9.90 Å². The normalized spacial score (nSPS) is 29.6. The Labute approximate surface area is 106 Å². The van der Waals surface area contributed by atoms with Gasteiger partial charge in [0, 0.05) is 25.1 Å². The number of hydrogen-bond acceptors (Lipinski definition) is 3. The summed E-state index contributed by atoms with van der Waals surface area (Å²) in [5.74, 6) is -0.349. The molecule has 18 heavy (non-hydrogen) atoms. The highest BCUT2D eigenvalue weighted by atomic mass is 16.3. The second-order valence-corrected chi connectivity index (χ2v) is 5.03. The van der Waals surface area contributed by atoms with Gasteiger partial charge < -0.3 is 15.7 Å². The Hall–Kier alpha value is -1.81. The maximum atomic E-state index is 11.8. The summed E-state index contributed by atoms with van der Waals surface area (Å²) in [5.41, 5.74) is 6.95. The molecule has 1 aliphatic carbocycles. The first-order valence-electron chi connectivity index (χ1n) is 6.15. The van der Waals surface area contributed by atoms with Crippen molar-refractivity contribution in [2.75, 3.05) is 11.4 Å². The number of nitrogens with two attached hydrogens (primary N) is 1. The summed E-state index contributed by atoms with van der Waals surface area (Å²) in [5, 5.41) is 9.56. The SMILES string of the molecule is NC(=O)C1(N2CC=Cc3ccccc32)CC(O)C1. The Morgan fingerprint density at radius 1 is 1.39 bits per heavy atom. The van der Waals surface area contributed by atoms with Crippen LogP contribution in [0.5, 0.6) is 0 Å². The number of carbonyl (C=O) groups excluding carboxylic acids is 1. The molecular weight excluding hydrogens is 228 g/mol. The zero-order valence-corrected chi connectivity index (χ0v) is 10.0. The van der Waals surface area contributed by atoms with Crippen molar-refractivity contribution >= 4 is 17.7 Å². The standard InChI is InChI=1S/C14H16N2O2/c15-13(18)14(8-11(17)9-14)16-7-3-5-10-4-1-2-6-12(10)16/h1-6,11,17H,7-9H2,(H2,15,18). The highest BCUT2D eigenvalue weighted by Crippen LogP contribution is 2.42. The minimum atomic E-state index is -0.722. The molecule has 4 heteroatoms. The Kier molecular flexibility index (Phi) is 2.41. The van der Waals surface area contributed by atoms with Crippen LogP contribution in [0.3, 0.4) is 0 Å². The molecule has 1 aromatic carbocycles. The predicted octanol–water partition coefficient (Wildman–Crippen LogP) is 0.899. The smallest absolute Gasteiger partial charge is 0.243 e. The molecule has 2 aliphatic rings. The number of nitrogens with zero attached hydrogens (tertiary/aromatic N) is 1. The lowest BCUT2D eigenvalue weighted by Crippen LogP contribution is -2.67. The summed E-state index contributed by atoms with van der Waals surface area (Å²) in [6.07, 6.45) is 4.50. The molecule has 0 radical (unpaired) electrons. The van der Waals surface area contributed by atoms with Crippen LogP contribution in [0.15, 0.2) is 30.3 Å². The Balaban J connectivity index is 2.03. The molecule has 0 spiro atoms. The lowest BCUT2D eigenvalue weighted by Gasteiger charge is -2.52. The number of anilines is 1. The van der Waals surface area contributed by atoms with Gasteiger partial charge in [0.2, 0.25) is 5.91 Å². The number of benzene rings is 1. The van der Waals surface area contributed by atoms with E-state index in [1.807, 2.05) is 35.2 Å². The molecule has 3 N–H and O–H groups in total. The largest absolute Gasteiger partial charge is 0.393 e. The van der Waals surface area contributed by atoms with Crippen LogP contribution in [0.25, 0.3) is 6.08 Å². The fraction of sp³-hybridized carbons (Fsp3) is 0.357. The van der Waals surface area contributed by atoms with Crippen LogP contribution in [0.1, 0.15) is 18.4 Å². The van der Waals surface area contributed by atoms with Gasteiger partial charge in [-0.1, -0.05) is 30.4 Å². The van der Waals surface area contributed by atoms with Gasteiger partial charge in [0.25, 0.3) is 0 Å². The Morgan fingerprint density at radius 2 is 2.11 bits per heavy atom. The van der Waals surface area contributed by atoms with Crippen LogP contribution in [0, 0.1) is 0 Å². The summed E-state index contributed by atoms with van der Waals surface area (Å²) in [6, 6.07) is 7.93. The molecule has 1 aromatic rings. The minimum Gasteiger partial charge on any atom is -0.393 e. The average Bonchev–Trinajstić information content (AvgIpc) is 2.34. The van der Waals surface area contributed by atoms with Crippen LogP contribution in [0.2, 0.25) is 0 Å². The second-order valence-electron chi connectivity index (χ2n) is 5.03. The van der Waals surface area contributed by atoms with E-state index in [1.54, 1.807) is 0 Å². The molecular formula is C14H16N2O2. The summed E-state index contributed by atoms with van der Waals surface area (Å²) in [4.78, 5) is 13.8. The molecule has 1 fully saturated rings. The number of aliphatic hydroxyl groups is 1. The van der Waals surface area contributed by atoms with Gasteiger partial charge >= 0.3 is 0 Å². The van der Waals surface area contributed by atoms with Gasteiger partial charge in [-0.15, -0.1) is 0 Å². The van der Waals surface area contributed by atoms with E-state index in [2.05, 4.69) is 6.08 Å². The highest BCUT2D eigenvalue weighted by molar-refractivity contribution is 5.91. The van der Waals surface area contributed by atoms with Crippen molar-refractivity contribution in [1.29, 1.82) is 0 Å². The van der Waals surface area contributed by atoms with Gasteiger partial charge in [-0.25, -0.2) is 0 Å². The average molecular weight is 244 g/mol. The van der Waals surface area contributed by atoms with Gasteiger partial charge in [0.1, 0.15) is 5.54 Å². The van der Waals surface area contributed by atoms with Gasteiger partial charge in [-0.3, -0.25) is 4.79 Å². The molecule has 4 nitrogen and oxygen atoms in total. The number of primary amides is 1. The third-order valence-corrected chi connectivity index (χ3v) is 3.93. The van der Waals surface area contributed by atoms with E-state index in [0.29, 0.717) is 19.4 Å². The van der Waals surface area contributed by atoms with Crippen molar-refractivity contribution in [3.8, 4) is 0 Å². The van der Waals surface area contributed by atoms with Gasteiger partial charge in [0.05, 0.1) is 6.10 Å². The number of rotatable bonds is 2. The summed E-state index contributed by atoms with van der Waals surface area (Å²) >= 11 is 0. The molecule has 1 saturated carbocycles. The van der Waals surface area contributed by atoms with Crippen molar-refractivity contribution in [2.24, 2.45) is 5.73 Å². The molecule has 94 valence electrons. The first-order valence-corrected chi connectivity index (χ1v) is 6.15. The third kappa shape index (κ3) is 1.46. The molecule has 0 bridgehead atoms. The minimum absolute atomic E-state index is 0.349. The molecule has 1 aliphatic heterocycles. The lowest BCUT2D eigenvalue weighted by atomic mass is 9.71. The first-order chi connectivity index (χ1) is 8.63. The number of amides is 1. The molecule has 0 saturated heterocycles. The fourth-order valence-corrected chi connectivity index (χ4v) is 2.94. The van der Waals surface area contributed by atoms with E-state index in [1.165, 1.54) is 0 Å². The zero-order valence-electron chi connectivity index (χ0n) is 10.0. The molecule has 0 unspecified atom stereocenters. The van der Waals surface area contributed by atoms with Gasteiger partial charge in [-0.05, 0) is 11.6 Å². The van der Waals surface area contributed by atoms with Crippen LogP contribution in [0.4, 0.5) is 5.69 Å². The number of para-hydroxylation sites is 1. The maximum Gasteiger partial charge on any atom is 0.243 e. The third-order valence-electron chi connectivity index (χ3n) is 3.93. The molecule has 0 aromatic heterocycles. The number of hydrogen-bond donors (Lipinski definition) is 2. The van der Waals surface area contributed by atoms with Crippen molar-refractivity contribution in [3.63, 3.8) is 0 Å². The number of fused-ring (bicyclic) bond motifs is 1. The summed E-state index contributed by atoms with van der Waals surface area (Å²) in [7, 11) is 0. The van der Waals surface area contributed by atoms with E-state index in [-0.39, 0.29) is 5.91 Å². The lowest BCUT2D eigenvalue weighted by molar-refractivity contribution is -0.131. The molecule has 3 rings (SSSR count). The summed E-state index contributed by atoms with van der Waals surface area (Å²) in [6.45, 7) is 0.659. The second kappa shape index (κ2) is 3.85. The maximum absolute atomic E-state index is 11.8. The van der Waals surface area contributed by atoms with E-state index >= 15 is 0 Å². The molecule has 1 amide bonds. The number of carbonyl (C=O) groups is 1. The van der Waals surface area contributed by atoms with Crippen LogP contribution in [-0.4, -0.2) is 29.2 Å². The van der Waals surface area contributed by atoms with Crippen LogP contribution >= 0.6 is 0 Å².